The molecule has 0 radical (unpaired) electrons. The highest BCUT2D eigenvalue weighted by Gasteiger charge is 2.27. The Labute approximate surface area is 169 Å². The molecule has 150 valence electrons. The summed E-state index contributed by atoms with van der Waals surface area (Å²) in [6, 6.07) is 12.1. The molecule has 1 atom stereocenters. The Morgan fingerprint density at radius 1 is 1.11 bits per heavy atom. The van der Waals surface area contributed by atoms with Crippen molar-refractivity contribution in [1.29, 1.82) is 0 Å². The van der Waals surface area contributed by atoms with Crippen molar-refractivity contribution < 1.29 is 18.7 Å². The van der Waals surface area contributed by atoms with Crippen LogP contribution in [-0.2, 0) is 16.1 Å². The van der Waals surface area contributed by atoms with E-state index in [1.165, 1.54) is 23.1 Å². The number of carbonyl (C=O) groups excluding carboxylic acids is 2. The van der Waals surface area contributed by atoms with E-state index in [9.17, 15) is 14.0 Å². The van der Waals surface area contributed by atoms with Gasteiger partial charge in [-0.15, -0.1) is 0 Å². The van der Waals surface area contributed by atoms with Gasteiger partial charge in [0.15, 0.2) is 18.2 Å². The average Bonchev–Trinajstić information content (AvgIpc) is 2.65. The lowest BCUT2D eigenvalue weighted by molar-refractivity contribution is -0.142. The Morgan fingerprint density at radius 3 is 2.39 bits per heavy atom. The minimum atomic E-state index is -0.754. The van der Waals surface area contributed by atoms with Crippen molar-refractivity contribution in [3.05, 3.63) is 64.9 Å². The number of nitrogens with zero attached hydrogens (tertiary/aromatic N) is 1. The number of hydrogen-bond donors (Lipinski definition) is 1. The molecule has 0 aliphatic rings. The number of benzene rings is 2. The van der Waals surface area contributed by atoms with Gasteiger partial charge < -0.3 is 15.0 Å². The molecule has 28 heavy (non-hydrogen) atoms. The van der Waals surface area contributed by atoms with E-state index in [0.717, 1.165) is 0 Å². The summed E-state index contributed by atoms with van der Waals surface area (Å²) in [5.41, 5.74) is 0.701. The van der Waals surface area contributed by atoms with E-state index < -0.39 is 24.4 Å². The van der Waals surface area contributed by atoms with Gasteiger partial charge in [0.25, 0.3) is 5.91 Å². The molecule has 1 N–H and O–H groups in total. The molecule has 2 aromatic carbocycles. The molecule has 5 nitrogen and oxygen atoms in total. The van der Waals surface area contributed by atoms with Crippen molar-refractivity contribution in [2.24, 2.45) is 0 Å². The Morgan fingerprint density at radius 2 is 1.75 bits per heavy atom. The predicted octanol–water partition coefficient (Wildman–Crippen LogP) is 3.80. The monoisotopic (exact) mass is 406 g/mol. The lowest BCUT2D eigenvalue weighted by Gasteiger charge is -2.29. The van der Waals surface area contributed by atoms with Crippen molar-refractivity contribution in [3.8, 4) is 5.75 Å². The molecule has 0 spiro atoms. The number of para-hydroxylation sites is 1. The third-order valence-electron chi connectivity index (χ3n) is 4.08. The molecule has 0 fully saturated rings. The molecule has 0 saturated carbocycles. The van der Waals surface area contributed by atoms with E-state index in [1.807, 2.05) is 13.8 Å². The minimum Gasteiger partial charge on any atom is -0.481 e. The summed E-state index contributed by atoms with van der Waals surface area (Å²) in [5, 5.41) is 3.29. The van der Waals surface area contributed by atoms with Crippen LogP contribution in [0.15, 0.2) is 48.5 Å². The second-order valence-electron chi connectivity index (χ2n) is 6.67. The molecule has 0 aliphatic heterocycles. The lowest BCUT2D eigenvalue weighted by Crippen LogP contribution is -2.50. The summed E-state index contributed by atoms with van der Waals surface area (Å²) in [5.74, 6) is -1.32. The van der Waals surface area contributed by atoms with Gasteiger partial charge in [-0.3, -0.25) is 9.59 Å². The average molecular weight is 407 g/mol. The molecule has 0 aromatic heterocycles. The number of halogens is 2. The first kappa shape index (κ1) is 21.7. The maximum Gasteiger partial charge on any atom is 0.261 e. The third kappa shape index (κ3) is 5.96. The minimum absolute atomic E-state index is 0.0205. The first-order valence-electron chi connectivity index (χ1n) is 9.00. The lowest BCUT2D eigenvalue weighted by atomic mass is 10.1. The first-order chi connectivity index (χ1) is 13.3. The van der Waals surface area contributed by atoms with Crippen LogP contribution in [0.1, 0.15) is 26.3 Å². The van der Waals surface area contributed by atoms with Gasteiger partial charge in [0.1, 0.15) is 6.04 Å². The highest BCUT2D eigenvalue weighted by atomic mass is 35.5. The van der Waals surface area contributed by atoms with Gasteiger partial charge in [0.05, 0.1) is 0 Å². The topological polar surface area (TPSA) is 58.6 Å². The van der Waals surface area contributed by atoms with Crippen LogP contribution >= 0.6 is 11.6 Å². The second kappa shape index (κ2) is 10.1. The van der Waals surface area contributed by atoms with Gasteiger partial charge in [-0.2, -0.15) is 0 Å². The van der Waals surface area contributed by atoms with Gasteiger partial charge in [-0.05, 0) is 44.5 Å². The Hall–Kier alpha value is -2.60. The molecule has 0 heterocycles. The van der Waals surface area contributed by atoms with Crippen molar-refractivity contribution >= 4 is 23.4 Å². The zero-order valence-corrected chi connectivity index (χ0v) is 16.9. The van der Waals surface area contributed by atoms with E-state index in [4.69, 9.17) is 16.3 Å². The van der Waals surface area contributed by atoms with E-state index in [0.29, 0.717) is 10.6 Å². The van der Waals surface area contributed by atoms with Crippen molar-refractivity contribution in [2.45, 2.75) is 39.4 Å². The number of ether oxygens (including phenoxy) is 1. The van der Waals surface area contributed by atoms with E-state index in [2.05, 4.69) is 5.32 Å². The number of hydrogen-bond acceptors (Lipinski definition) is 3. The highest BCUT2D eigenvalue weighted by Crippen LogP contribution is 2.20. The Balaban J connectivity index is 2.18. The maximum absolute atomic E-state index is 13.7. The Bertz CT molecular complexity index is 829. The summed E-state index contributed by atoms with van der Waals surface area (Å²) in [6.45, 7) is 5.05. The fourth-order valence-electron chi connectivity index (χ4n) is 2.58. The molecular weight excluding hydrogens is 383 g/mol. The summed E-state index contributed by atoms with van der Waals surface area (Å²) in [7, 11) is 0. The maximum atomic E-state index is 13.7. The van der Waals surface area contributed by atoms with E-state index in [-0.39, 0.29) is 24.2 Å². The quantitative estimate of drug-likeness (QED) is 0.725. The van der Waals surface area contributed by atoms with Crippen LogP contribution in [0.25, 0.3) is 0 Å². The molecular formula is C21H24ClFN2O3. The molecule has 0 unspecified atom stereocenters. The fraction of sp³-hybridized carbons (Fsp3) is 0.333. The summed E-state index contributed by atoms with van der Waals surface area (Å²) in [6.07, 6.45) is 0. The normalized spacial score (nSPS) is 11.8. The molecule has 2 aromatic rings. The number of rotatable bonds is 8. The fourth-order valence-corrected chi connectivity index (χ4v) is 2.78. The predicted molar refractivity (Wildman–Crippen MR) is 107 cm³/mol. The summed E-state index contributed by atoms with van der Waals surface area (Å²) >= 11 is 6.22. The molecule has 0 bridgehead atoms. The van der Waals surface area contributed by atoms with Gasteiger partial charge >= 0.3 is 0 Å². The molecule has 7 heteroatoms. The zero-order valence-electron chi connectivity index (χ0n) is 16.1. The summed E-state index contributed by atoms with van der Waals surface area (Å²) < 4.78 is 19.1. The van der Waals surface area contributed by atoms with Gasteiger partial charge in [0, 0.05) is 17.6 Å². The SMILES string of the molecule is CC(C)NC(=O)[C@@H](C)N(Cc1ccccc1Cl)C(=O)COc1ccccc1F. The van der Waals surface area contributed by atoms with E-state index >= 15 is 0 Å². The second-order valence-corrected chi connectivity index (χ2v) is 7.08. The largest absolute Gasteiger partial charge is 0.481 e. The highest BCUT2D eigenvalue weighted by molar-refractivity contribution is 6.31. The van der Waals surface area contributed by atoms with Gasteiger partial charge in [0.2, 0.25) is 5.91 Å². The van der Waals surface area contributed by atoms with Crippen LogP contribution < -0.4 is 10.1 Å². The molecule has 0 aliphatic carbocycles. The first-order valence-corrected chi connectivity index (χ1v) is 9.38. The van der Waals surface area contributed by atoms with Crippen LogP contribution in [0.5, 0.6) is 5.75 Å². The van der Waals surface area contributed by atoms with Crippen LogP contribution in [0.4, 0.5) is 4.39 Å². The number of nitrogens with one attached hydrogen (secondary N) is 1. The smallest absolute Gasteiger partial charge is 0.261 e. The number of amides is 2. The molecule has 0 saturated heterocycles. The van der Waals surface area contributed by atoms with Crippen LogP contribution in [0.2, 0.25) is 5.02 Å². The molecule has 2 rings (SSSR count). The summed E-state index contributed by atoms with van der Waals surface area (Å²) in [4.78, 5) is 26.7. The Kier molecular flexibility index (Phi) is 7.81. The van der Waals surface area contributed by atoms with Crippen molar-refractivity contribution in [2.75, 3.05) is 6.61 Å². The number of carbonyl (C=O) groups is 2. The van der Waals surface area contributed by atoms with E-state index in [1.54, 1.807) is 37.3 Å². The van der Waals surface area contributed by atoms with Gasteiger partial charge in [-0.1, -0.05) is 41.9 Å². The molecule has 2 amide bonds. The van der Waals surface area contributed by atoms with Crippen LogP contribution in [-0.4, -0.2) is 35.4 Å². The third-order valence-corrected chi connectivity index (χ3v) is 4.45. The standard InChI is InChI=1S/C21H24ClFN2O3/c1-14(2)24-21(27)15(3)25(12-16-8-4-5-9-17(16)22)20(26)13-28-19-11-7-6-10-18(19)23/h4-11,14-15H,12-13H2,1-3H3,(H,24,27)/t15-/m1/s1. The van der Waals surface area contributed by atoms with Crippen molar-refractivity contribution in [3.63, 3.8) is 0 Å². The van der Waals surface area contributed by atoms with Crippen LogP contribution in [0, 0.1) is 5.82 Å². The van der Waals surface area contributed by atoms with Gasteiger partial charge in [-0.25, -0.2) is 4.39 Å². The van der Waals surface area contributed by atoms with Crippen molar-refractivity contribution in [1.82, 2.24) is 10.2 Å². The zero-order chi connectivity index (χ0) is 20.7. The van der Waals surface area contributed by atoms with Crippen LogP contribution in [0.3, 0.4) is 0 Å².